The summed E-state index contributed by atoms with van der Waals surface area (Å²) < 4.78 is 314. The third kappa shape index (κ3) is 4.79. The molecule has 0 N–H and O–H groups in total. The third-order valence-corrected chi connectivity index (χ3v) is 9.38. The van der Waals surface area contributed by atoms with Crippen molar-refractivity contribution in [2.24, 2.45) is 0 Å². The van der Waals surface area contributed by atoms with Crippen LogP contribution >= 0.6 is 0 Å². The molecule has 0 aliphatic heterocycles. The Morgan fingerprint density at radius 1 is 0.214 bits per heavy atom. The lowest BCUT2D eigenvalue weighted by molar-refractivity contribution is 1.56. The molecule has 0 heteroatoms. The van der Waals surface area contributed by atoms with Crippen molar-refractivity contribution in [3.63, 3.8) is 0 Å². The van der Waals surface area contributed by atoms with Gasteiger partial charge in [-0.05, 0) is 150 Å². The molecule has 0 spiro atoms. The fourth-order valence-electron chi connectivity index (χ4n) is 6.91. The average Bonchev–Trinajstić information content (AvgIpc) is 0.696. The number of rotatable bonds is 5. The van der Waals surface area contributed by atoms with Gasteiger partial charge in [-0.1, -0.05) is 175 Å². The summed E-state index contributed by atoms with van der Waals surface area (Å²) in [5, 5.41) is -6.25. The van der Waals surface area contributed by atoms with Crippen LogP contribution in [0.2, 0.25) is 0 Å². The molecule has 12 aromatic carbocycles. The minimum atomic E-state index is -1.29. The number of hydrogen-bond donors (Lipinski definition) is 0. The van der Waals surface area contributed by atoms with Gasteiger partial charge >= 0.3 is 0 Å². The zero-order valence-electron chi connectivity index (χ0n) is 62.0. The number of hydrogen-bond acceptors (Lipinski definition) is 0. The quantitative estimate of drug-likeness (QED) is 0.154. The second kappa shape index (κ2) is 12.1. The van der Waals surface area contributed by atoms with Gasteiger partial charge in [0.25, 0.3) is 0 Å². The van der Waals surface area contributed by atoms with Gasteiger partial charge in [0.15, 0.2) is 0 Å². The van der Waals surface area contributed by atoms with E-state index in [4.69, 9.17) is 23.3 Å². The molecule has 56 heavy (non-hydrogen) atoms. The van der Waals surface area contributed by atoms with Crippen LogP contribution in [0.15, 0.2) is 205 Å². The van der Waals surface area contributed by atoms with Crippen LogP contribution in [0.25, 0.3) is 120 Å². The lowest BCUT2D eigenvalue weighted by atomic mass is 9.87. The maximum Gasteiger partial charge on any atom is 0.0636 e. The van der Waals surface area contributed by atoms with Gasteiger partial charge < -0.3 is 0 Å². The Morgan fingerprint density at radius 3 is 1.09 bits per heavy atom. The summed E-state index contributed by atoms with van der Waals surface area (Å²) in [6.07, 6.45) is 0. The van der Waals surface area contributed by atoms with Gasteiger partial charge in [0, 0.05) is 0 Å². The van der Waals surface area contributed by atoms with Crippen molar-refractivity contribution in [3.05, 3.63) is 205 Å². The van der Waals surface area contributed by atoms with Crippen molar-refractivity contribution in [1.82, 2.24) is 0 Å². The molecule has 0 amide bonds. The highest BCUT2D eigenvalue weighted by Gasteiger charge is 2.16. The van der Waals surface area contributed by atoms with E-state index in [1.54, 1.807) is 0 Å². The zero-order chi connectivity index (χ0) is 66.3. The molecule has 258 valence electrons. The second-order valence-corrected chi connectivity index (χ2v) is 12.5. The Balaban J connectivity index is 1.34. The minimum absolute atomic E-state index is 0.369. The molecule has 0 saturated carbocycles. The highest BCUT2D eigenvalue weighted by atomic mass is 14.2. The normalized spacial score (nSPS) is 20.4. The Morgan fingerprint density at radius 2 is 0.554 bits per heavy atom. The van der Waals surface area contributed by atoms with Crippen LogP contribution in [-0.2, 0) is 0 Å². The third-order valence-electron chi connectivity index (χ3n) is 9.38. The SMILES string of the molecule is [2H]c1c([2H])c([2H])c(-c2c([2H])c([2H])c([2H])c(-c3c([2H])c(-c4c([2H])c([2H])c([2H])c(-c5c([2H])c([2H])c6c([2H])c([2H])c7c([2H])c([2H])c([2H])c8c([2H])c([2H])c5c6c78)c4[2H])c([2H])c(-c4c([2H])c([2H])c5c([2H])c([2H])c6c([2H])c([2H])c([2H])c7c([2H])c([2H])c4c5c67)c3[2H])c2[2H])c([2H])c1[2H]. The molecule has 0 saturated heterocycles. The minimum Gasteiger partial charge on any atom is -0.0622 e. The van der Waals surface area contributed by atoms with Crippen molar-refractivity contribution < 1.29 is 46.6 Å². The molecule has 0 aromatic heterocycles. The lowest BCUT2D eigenvalue weighted by Gasteiger charge is -2.17. The van der Waals surface area contributed by atoms with E-state index in [0.29, 0.717) is 0 Å². The smallest absolute Gasteiger partial charge is 0.0622 e. The Hall–Kier alpha value is -7.28. The monoisotopic (exact) mass is 740 g/mol. The second-order valence-electron chi connectivity index (χ2n) is 12.5. The molecule has 0 aliphatic carbocycles. The summed E-state index contributed by atoms with van der Waals surface area (Å²) in [6.45, 7) is 0. The van der Waals surface area contributed by atoms with Crippen LogP contribution in [0.3, 0.4) is 0 Å². The first-order valence-electron chi connectivity index (χ1n) is 33.8. The van der Waals surface area contributed by atoms with Crippen LogP contribution < -0.4 is 0 Å². The van der Waals surface area contributed by atoms with Gasteiger partial charge in [0.05, 0.1) is 46.6 Å². The summed E-state index contributed by atoms with van der Waals surface area (Å²) in [5.74, 6) is 0. The molecule has 0 atom stereocenters. The fourth-order valence-corrected chi connectivity index (χ4v) is 6.91. The highest BCUT2D eigenvalue weighted by molar-refractivity contribution is 6.26. The van der Waals surface area contributed by atoms with Crippen molar-refractivity contribution in [2.75, 3.05) is 0 Å². The molecular weight excluding hydrogens is 673 g/mol. The molecule has 0 radical (unpaired) electrons. The molecule has 0 heterocycles. The summed E-state index contributed by atoms with van der Waals surface area (Å²) in [5.41, 5.74) is -10.0. The largest absolute Gasteiger partial charge is 0.0636 e. The Bertz CT molecular complexity index is 5380. The number of benzene rings is 12. The lowest BCUT2D eigenvalue weighted by Crippen LogP contribution is -1.90. The van der Waals surface area contributed by atoms with Crippen molar-refractivity contribution in [2.45, 2.75) is 0 Å². The van der Waals surface area contributed by atoms with E-state index in [1.807, 2.05) is 0 Å². The summed E-state index contributed by atoms with van der Waals surface area (Å²) >= 11 is 0. The molecule has 0 unspecified atom stereocenters. The van der Waals surface area contributed by atoms with Gasteiger partial charge in [-0.2, -0.15) is 0 Å². The van der Waals surface area contributed by atoms with Gasteiger partial charge in [0.1, 0.15) is 0 Å². The summed E-state index contributed by atoms with van der Waals surface area (Å²) in [7, 11) is 0. The van der Waals surface area contributed by atoms with Crippen LogP contribution in [0.4, 0.5) is 0 Å². The van der Waals surface area contributed by atoms with E-state index in [9.17, 15) is 23.3 Å². The van der Waals surface area contributed by atoms with Crippen LogP contribution in [0.1, 0.15) is 46.6 Å². The first kappa shape index (κ1) is 12.6. The molecule has 12 aromatic rings. The predicted octanol–water partition coefficient (Wildman–Crippen LogP) is 15.8. The van der Waals surface area contributed by atoms with Crippen molar-refractivity contribution >= 4 is 64.6 Å². The van der Waals surface area contributed by atoms with Gasteiger partial charge in [-0.3, -0.25) is 0 Å². The van der Waals surface area contributed by atoms with Crippen molar-refractivity contribution in [1.29, 1.82) is 0 Å². The summed E-state index contributed by atoms with van der Waals surface area (Å²) in [4.78, 5) is 0. The molecule has 12 rings (SSSR count). The maximum atomic E-state index is 10.2. The molecular formula is C56H34. The van der Waals surface area contributed by atoms with Gasteiger partial charge in [-0.15, -0.1) is 0 Å². The molecule has 0 bridgehead atoms. The average molecular weight is 741 g/mol. The van der Waals surface area contributed by atoms with Gasteiger partial charge in [0.2, 0.25) is 0 Å². The molecule has 0 nitrogen and oxygen atoms in total. The van der Waals surface area contributed by atoms with E-state index < -0.39 is 320 Å². The standard InChI is InChI=1S/C56H34/c1-2-8-35(9-3-1)42-14-6-15-43(30-42)46-32-47(34-48(33-46)50-27-23-41-21-19-37-11-5-13-39-25-29-52(50)56(41)54(37)39)44-16-7-17-45(31-44)49-26-22-40-20-18-36-10-4-12-38-24-28-51(49)55(40)53(36)38/h1-34H/i1D,2D,3D,4D,5D,6D,7D,8D,9D,10D,11D,12D,13D,14D,15D,16D,17D,18D,19D,20D,21D,22D,23D,24D,25D,26D,27D,28D,29D,30D,31D,32D,33D,34D. The fraction of sp³-hybridized carbons (Fsp3) is 0. The van der Waals surface area contributed by atoms with Gasteiger partial charge in [-0.25, -0.2) is 0 Å². The Kier molecular flexibility index (Phi) is 2.73. The van der Waals surface area contributed by atoms with Crippen LogP contribution in [0, 0.1) is 0 Å². The van der Waals surface area contributed by atoms with Crippen LogP contribution in [-0.4, -0.2) is 0 Å². The topological polar surface area (TPSA) is 0 Å². The Labute approximate surface area is 373 Å². The zero-order valence-corrected chi connectivity index (χ0v) is 28.0. The van der Waals surface area contributed by atoms with E-state index >= 15 is 0 Å². The van der Waals surface area contributed by atoms with E-state index in [1.165, 1.54) is 0 Å². The first-order valence-corrected chi connectivity index (χ1v) is 16.8. The van der Waals surface area contributed by atoms with E-state index in [-0.39, 0.29) is 5.39 Å². The first-order chi connectivity index (χ1) is 42.0. The van der Waals surface area contributed by atoms with E-state index in [2.05, 4.69) is 0 Å². The maximum absolute atomic E-state index is 10.2. The predicted molar refractivity (Wildman–Crippen MR) is 241 cm³/mol. The van der Waals surface area contributed by atoms with Crippen molar-refractivity contribution in [3.8, 4) is 55.6 Å². The molecule has 0 fully saturated rings. The van der Waals surface area contributed by atoms with E-state index in [0.717, 1.165) is 0 Å². The molecule has 0 aliphatic rings. The summed E-state index contributed by atoms with van der Waals surface area (Å²) in [6, 6.07) is -34.1. The highest BCUT2D eigenvalue weighted by Crippen LogP contribution is 2.43. The van der Waals surface area contributed by atoms with Crippen LogP contribution in [0.5, 0.6) is 0 Å².